The molecule has 31 heavy (non-hydrogen) atoms. The Bertz CT molecular complexity index is 1050. The Hall–Kier alpha value is -2.46. The van der Waals surface area contributed by atoms with Gasteiger partial charge in [0.25, 0.3) is 5.91 Å². The summed E-state index contributed by atoms with van der Waals surface area (Å²) in [6.07, 6.45) is 0. The fraction of sp³-hybridized carbons (Fsp3) is 0.333. The van der Waals surface area contributed by atoms with Gasteiger partial charge in [-0.2, -0.15) is 4.31 Å². The summed E-state index contributed by atoms with van der Waals surface area (Å²) < 4.78 is 26.9. The first-order valence-corrected chi connectivity index (χ1v) is 11.6. The third kappa shape index (κ3) is 5.82. The van der Waals surface area contributed by atoms with Crippen LogP contribution in [-0.4, -0.2) is 81.2 Å². The number of piperazine rings is 1. The highest BCUT2D eigenvalue weighted by Gasteiger charge is 2.29. The van der Waals surface area contributed by atoms with Crippen LogP contribution in [0.1, 0.15) is 10.4 Å². The van der Waals surface area contributed by atoms with Crippen molar-refractivity contribution in [3.63, 3.8) is 0 Å². The summed E-state index contributed by atoms with van der Waals surface area (Å²) in [5.41, 5.74) is 1.14. The van der Waals surface area contributed by atoms with Gasteiger partial charge in [0, 0.05) is 56.5 Å². The third-order valence-electron chi connectivity index (χ3n) is 4.95. The van der Waals surface area contributed by atoms with Crippen LogP contribution in [0.15, 0.2) is 53.4 Å². The van der Waals surface area contributed by atoms with Crippen LogP contribution in [-0.2, 0) is 14.8 Å². The second-order valence-corrected chi connectivity index (χ2v) is 9.84. The van der Waals surface area contributed by atoms with Crippen LogP contribution in [0.3, 0.4) is 0 Å². The van der Waals surface area contributed by atoms with Gasteiger partial charge < -0.3 is 10.2 Å². The highest BCUT2D eigenvalue weighted by atomic mass is 35.5. The van der Waals surface area contributed by atoms with Crippen molar-refractivity contribution in [3.8, 4) is 0 Å². The molecule has 0 aromatic heterocycles. The second kappa shape index (κ2) is 9.78. The average molecular weight is 465 g/mol. The minimum absolute atomic E-state index is 0.108. The normalized spacial score (nSPS) is 15.5. The molecule has 1 aliphatic heterocycles. The van der Waals surface area contributed by atoms with Crippen LogP contribution in [0.4, 0.5) is 5.69 Å². The van der Waals surface area contributed by atoms with Gasteiger partial charge in [0.2, 0.25) is 15.9 Å². The quantitative estimate of drug-likeness (QED) is 0.706. The number of nitrogens with zero attached hydrogens (tertiary/aromatic N) is 3. The smallest absolute Gasteiger partial charge is 0.253 e. The Kier molecular flexibility index (Phi) is 7.32. The second-order valence-electron chi connectivity index (χ2n) is 7.46. The molecule has 3 rings (SSSR count). The Morgan fingerprint density at radius 1 is 1.03 bits per heavy atom. The molecule has 2 aromatic carbocycles. The molecular weight excluding hydrogens is 440 g/mol. The zero-order valence-electron chi connectivity index (χ0n) is 17.4. The van der Waals surface area contributed by atoms with Crippen LogP contribution in [0.2, 0.25) is 5.02 Å². The molecule has 2 amide bonds. The van der Waals surface area contributed by atoms with Gasteiger partial charge in [-0.05, 0) is 42.5 Å². The summed E-state index contributed by atoms with van der Waals surface area (Å²) in [6.45, 7) is 1.64. The SMILES string of the molecule is CN(C)C(=O)c1ccc(NC(=O)CN2CCN(S(=O)(=O)c3cccc(Cl)c3)CC2)cc1. The lowest BCUT2D eigenvalue weighted by Gasteiger charge is -2.33. The monoisotopic (exact) mass is 464 g/mol. The Morgan fingerprint density at radius 3 is 2.26 bits per heavy atom. The maximum absolute atomic E-state index is 12.8. The molecule has 1 N–H and O–H groups in total. The maximum atomic E-state index is 12.8. The predicted molar refractivity (Wildman–Crippen MR) is 120 cm³/mol. The van der Waals surface area contributed by atoms with E-state index in [-0.39, 0.29) is 23.3 Å². The molecule has 0 spiro atoms. The molecule has 1 fully saturated rings. The standard InChI is InChI=1S/C21H25ClN4O4S/c1-24(2)21(28)16-6-8-18(9-7-16)23-20(27)15-25-10-12-26(13-11-25)31(29,30)19-5-3-4-17(22)14-19/h3-9,14H,10-13,15H2,1-2H3,(H,23,27). The molecule has 166 valence electrons. The zero-order valence-corrected chi connectivity index (χ0v) is 19.0. The lowest BCUT2D eigenvalue weighted by atomic mass is 10.2. The van der Waals surface area contributed by atoms with Crippen molar-refractivity contribution in [2.45, 2.75) is 4.90 Å². The number of anilines is 1. The van der Waals surface area contributed by atoms with Gasteiger partial charge in [-0.15, -0.1) is 0 Å². The Labute approximate surface area is 187 Å². The van der Waals surface area contributed by atoms with E-state index in [0.717, 1.165) is 0 Å². The van der Waals surface area contributed by atoms with Crippen LogP contribution in [0.25, 0.3) is 0 Å². The summed E-state index contributed by atoms with van der Waals surface area (Å²) >= 11 is 5.92. The van der Waals surface area contributed by atoms with Gasteiger partial charge in [-0.1, -0.05) is 17.7 Å². The number of carbonyl (C=O) groups excluding carboxylic acids is 2. The first-order valence-electron chi connectivity index (χ1n) is 9.76. The molecule has 0 atom stereocenters. The number of halogens is 1. The molecule has 0 saturated carbocycles. The Morgan fingerprint density at radius 2 is 1.68 bits per heavy atom. The van der Waals surface area contributed by atoms with Gasteiger partial charge >= 0.3 is 0 Å². The molecule has 8 nitrogen and oxygen atoms in total. The van der Waals surface area contributed by atoms with Gasteiger partial charge in [0.1, 0.15) is 0 Å². The zero-order chi connectivity index (χ0) is 22.6. The molecule has 0 aliphatic carbocycles. The minimum atomic E-state index is -3.61. The number of amides is 2. The van der Waals surface area contributed by atoms with Crippen molar-refractivity contribution in [3.05, 3.63) is 59.1 Å². The summed E-state index contributed by atoms with van der Waals surface area (Å²) in [5, 5.41) is 3.18. The van der Waals surface area contributed by atoms with Gasteiger partial charge in [-0.3, -0.25) is 14.5 Å². The summed E-state index contributed by atoms with van der Waals surface area (Å²) in [6, 6.07) is 12.9. The number of sulfonamides is 1. The molecule has 0 bridgehead atoms. The van der Waals surface area contributed by atoms with Gasteiger partial charge in [-0.25, -0.2) is 8.42 Å². The van der Waals surface area contributed by atoms with Crippen LogP contribution in [0.5, 0.6) is 0 Å². The maximum Gasteiger partial charge on any atom is 0.253 e. The lowest BCUT2D eigenvalue weighted by molar-refractivity contribution is -0.117. The number of hydrogen-bond donors (Lipinski definition) is 1. The number of rotatable bonds is 6. The van der Waals surface area contributed by atoms with E-state index in [1.165, 1.54) is 21.3 Å². The van der Waals surface area contributed by atoms with Crippen molar-refractivity contribution >= 4 is 39.1 Å². The number of nitrogens with one attached hydrogen (secondary N) is 1. The molecule has 10 heteroatoms. The van der Waals surface area contributed by atoms with Crippen molar-refractivity contribution in [2.24, 2.45) is 0 Å². The van der Waals surface area contributed by atoms with E-state index < -0.39 is 10.0 Å². The van der Waals surface area contributed by atoms with E-state index in [2.05, 4.69) is 5.32 Å². The topological polar surface area (TPSA) is 90.0 Å². The largest absolute Gasteiger partial charge is 0.345 e. The lowest BCUT2D eigenvalue weighted by Crippen LogP contribution is -2.50. The van der Waals surface area contributed by atoms with Gasteiger partial charge in [0.15, 0.2) is 0 Å². The molecule has 1 heterocycles. The minimum Gasteiger partial charge on any atom is -0.345 e. The van der Waals surface area contributed by atoms with Crippen LogP contribution < -0.4 is 5.32 Å². The van der Waals surface area contributed by atoms with E-state index >= 15 is 0 Å². The summed E-state index contributed by atoms with van der Waals surface area (Å²) in [4.78, 5) is 27.9. The van der Waals surface area contributed by atoms with Crippen molar-refractivity contribution in [1.29, 1.82) is 0 Å². The van der Waals surface area contributed by atoms with E-state index in [1.54, 1.807) is 50.5 Å². The Balaban J connectivity index is 1.51. The van der Waals surface area contributed by atoms with Crippen molar-refractivity contribution < 1.29 is 18.0 Å². The molecule has 2 aromatic rings. The number of benzene rings is 2. The average Bonchev–Trinajstić information content (AvgIpc) is 2.74. The molecule has 1 saturated heterocycles. The first-order chi connectivity index (χ1) is 14.7. The van der Waals surface area contributed by atoms with Crippen LogP contribution in [0, 0.1) is 0 Å². The summed E-state index contributed by atoms with van der Waals surface area (Å²) in [5.74, 6) is -0.304. The van der Waals surface area contributed by atoms with Crippen molar-refractivity contribution in [2.75, 3.05) is 52.1 Å². The van der Waals surface area contributed by atoms with E-state index in [1.807, 2.05) is 4.90 Å². The molecule has 0 unspecified atom stereocenters. The predicted octanol–water partition coefficient (Wildman–Crippen LogP) is 1.99. The van der Waals surface area contributed by atoms with Gasteiger partial charge in [0.05, 0.1) is 11.4 Å². The van der Waals surface area contributed by atoms with Crippen LogP contribution >= 0.6 is 11.6 Å². The highest BCUT2D eigenvalue weighted by molar-refractivity contribution is 7.89. The highest BCUT2D eigenvalue weighted by Crippen LogP contribution is 2.21. The summed E-state index contributed by atoms with van der Waals surface area (Å²) in [7, 11) is -0.254. The molecular formula is C21H25ClN4O4S. The number of hydrogen-bond acceptors (Lipinski definition) is 5. The van der Waals surface area contributed by atoms with Crippen molar-refractivity contribution in [1.82, 2.24) is 14.1 Å². The van der Waals surface area contributed by atoms with E-state index in [4.69, 9.17) is 11.6 Å². The van der Waals surface area contributed by atoms with E-state index in [9.17, 15) is 18.0 Å². The number of carbonyl (C=O) groups is 2. The first kappa shape index (κ1) is 23.2. The molecule has 1 aliphatic rings. The molecule has 0 radical (unpaired) electrons. The fourth-order valence-corrected chi connectivity index (χ4v) is 4.99. The fourth-order valence-electron chi connectivity index (χ4n) is 3.26. The van der Waals surface area contributed by atoms with E-state index in [0.29, 0.717) is 42.5 Å². The third-order valence-corrected chi connectivity index (χ3v) is 7.08.